The summed E-state index contributed by atoms with van der Waals surface area (Å²) in [5.74, 6) is -1.31. The number of carbonyl (C=O) groups excluding carboxylic acids is 2. The topological polar surface area (TPSA) is 91.6 Å². The Balaban J connectivity index is 1.88. The van der Waals surface area contributed by atoms with Crippen molar-refractivity contribution in [2.45, 2.75) is 6.42 Å². The normalized spacial score (nSPS) is 10.5. The monoisotopic (exact) mass is 405 g/mol. The Morgan fingerprint density at radius 2 is 1.70 bits per heavy atom. The van der Waals surface area contributed by atoms with Crippen LogP contribution in [0.25, 0.3) is 16.8 Å². The van der Waals surface area contributed by atoms with Crippen molar-refractivity contribution < 1.29 is 14.7 Å². The molecule has 154 valence electrons. The number of benzene rings is 2. The van der Waals surface area contributed by atoms with E-state index in [1.54, 1.807) is 14.1 Å². The second-order valence-electron chi connectivity index (χ2n) is 7.00. The second kappa shape index (κ2) is 9.09. The lowest BCUT2D eigenvalue weighted by molar-refractivity contribution is -0.128. The van der Waals surface area contributed by atoms with Gasteiger partial charge in [-0.2, -0.15) is 0 Å². The second-order valence-corrected chi connectivity index (χ2v) is 7.00. The Morgan fingerprint density at radius 1 is 1.00 bits per heavy atom. The third-order valence-electron chi connectivity index (χ3n) is 4.63. The van der Waals surface area contributed by atoms with Crippen molar-refractivity contribution in [1.82, 2.24) is 14.8 Å². The molecule has 3 rings (SSSR count). The van der Waals surface area contributed by atoms with Gasteiger partial charge in [-0.25, -0.2) is 0 Å². The molecule has 0 fully saturated rings. The number of carbonyl (C=O) groups is 2. The lowest BCUT2D eigenvalue weighted by atomic mass is 10.1. The summed E-state index contributed by atoms with van der Waals surface area (Å²) in [6, 6.07) is 17.3. The van der Waals surface area contributed by atoms with E-state index in [4.69, 9.17) is 0 Å². The van der Waals surface area contributed by atoms with Crippen molar-refractivity contribution in [1.29, 1.82) is 0 Å². The van der Waals surface area contributed by atoms with Gasteiger partial charge in [-0.1, -0.05) is 42.5 Å². The Kier molecular flexibility index (Phi) is 6.32. The number of aromatic nitrogens is 1. The van der Waals surface area contributed by atoms with Gasteiger partial charge in [-0.15, -0.1) is 0 Å². The number of nitrogens with zero attached hydrogens (tertiary/aromatic N) is 2. The molecule has 30 heavy (non-hydrogen) atoms. The van der Waals surface area contributed by atoms with Gasteiger partial charge in [0.2, 0.25) is 11.3 Å². The van der Waals surface area contributed by atoms with Gasteiger partial charge in [0, 0.05) is 38.9 Å². The number of hydrogen-bond donors (Lipinski definition) is 2. The highest BCUT2D eigenvalue weighted by molar-refractivity contribution is 5.94. The molecule has 0 unspecified atom stereocenters. The third kappa shape index (κ3) is 4.75. The first kappa shape index (κ1) is 20.9. The van der Waals surface area contributed by atoms with Crippen molar-refractivity contribution in [2.75, 3.05) is 20.6 Å². The van der Waals surface area contributed by atoms with E-state index in [-0.39, 0.29) is 24.4 Å². The molecule has 0 atom stereocenters. The Hall–Kier alpha value is -3.87. The van der Waals surface area contributed by atoms with Gasteiger partial charge in [-0.05, 0) is 23.3 Å². The summed E-state index contributed by atoms with van der Waals surface area (Å²) in [7, 11) is 3.25. The van der Waals surface area contributed by atoms with Crippen LogP contribution >= 0.6 is 0 Å². The third-order valence-corrected chi connectivity index (χ3v) is 4.63. The minimum atomic E-state index is -0.762. The van der Waals surface area contributed by atoms with E-state index in [0.29, 0.717) is 5.69 Å². The smallest absolute Gasteiger partial charge is 0.256 e. The molecule has 1 aromatic heterocycles. The fourth-order valence-corrected chi connectivity index (χ4v) is 2.95. The van der Waals surface area contributed by atoms with Gasteiger partial charge in [-0.3, -0.25) is 14.4 Å². The summed E-state index contributed by atoms with van der Waals surface area (Å²) < 4.78 is 1.53. The molecule has 1 heterocycles. The highest BCUT2D eigenvalue weighted by Crippen LogP contribution is 2.22. The van der Waals surface area contributed by atoms with E-state index in [0.717, 1.165) is 11.1 Å². The maximum absolute atomic E-state index is 12.5. The van der Waals surface area contributed by atoms with Crippen LogP contribution in [0.3, 0.4) is 0 Å². The average molecular weight is 405 g/mol. The molecule has 0 saturated heterocycles. The van der Waals surface area contributed by atoms with Crippen molar-refractivity contribution in [3.05, 3.63) is 82.8 Å². The highest BCUT2D eigenvalue weighted by atomic mass is 16.3. The number of nitrogens with one attached hydrogen (secondary N) is 1. The van der Waals surface area contributed by atoms with Crippen molar-refractivity contribution >= 4 is 11.8 Å². The predicted molar refractivity (Wildman–Crippen MR) is 115 cm³/mol. The van der Waals surface area contributed by atoms with Gasteiger partial charge in [0.1, 0.15) is 5.56 Å². The van der Waals surface area contributed by atoms with Gasteiger partial charge in [0.25, 0.3) is 5.91 Å². The Bertz CT molecular complexity index is 1120. The van der Waals surface area contributed by atoms with Crippen molar-refractivity contribution in [3.63, 3.8) is 0 Å². The Morgan fingerprint density at radius 3 is 2.40 bits per heavy atom. The highest BCUT2D eigenvalue weighted by Gasteiger charge is 2.16. The number of hydrogen-bond acceptors (Lipinski definition) is 4. The van der Waals surface area contributed by atoms with Crippen molar-refractivity contribution in [3.8, 4) is 22.6 Å². The SMILES string of the molecule is CN(C)C(=O)CCNC(=O)c1cn(-c2cccc(-c3ccccc3)c2)cc(O)c1=O. The largest absolute Gasteiger partial charge is 0.503 e. The molecular formula is C23H23N3O4. The van der Waals surface area contributed by atoms with Gasteiger partial charge in [0.05, 0.1) is 6.20 Å². The van der Waals surface area contributed by atoms with Crippen LogP contribution in [0, 0.1) is 0 Å². The minimum absolute atomic E-state index is 0.0917. The van der Waals surface area contributed by atoms with E-state index in [9.17, 15) is 19.5 Å². The van der Waals surface area contributed by atoms with Crippen LogP contribution in [0.15, 0.2) is 71.8 Å². The predicted octanol–water partition coefficient (Wildman–Crippen LogP) is 2.42. The molecule has 0 aliphatic rings. The standard InChI is InChI=1S/C23H23N3O4/c1-25(2)21(28)11-12-24-23(30)19-14-26(15-20(27)22(19)29)18-10-6-9-17(13-18)16-7-4-3-5-8-16/h3-10,13-15,27H,11-12H2,1-2H3,(H,24,30). The lowest BCUT2D eigenvalue weighted by Gasteiger charge is -2.13. The van der Waals surface area contributed by atoms with E-state index >= 15 is 0 Å². The zero-order valence-electron chi connectivity index (χ0n) is 16.8. The van der Waals surface area contributed by atoms with Gasteiger partial charge in [0.15, 0.2) is 5.75 Å². The van der Waals surface area contributed by atoms with Crippen LogP contribution in [-0.2, 0) is 4.79 Å². The quantitative estimate of drug-likeness (QED) is 0.659. The summed E-state index contributed by atoms with van der Waals surface area (Å²) >= 11 is 0. The van der Waals surface area contributed by atoms with Crippen LogP contribution in [-0.4, -0.2) is 47.0 Å². The fourth-order valence-electron chi connectivity index (χ4n) is 2.95. The van der Waals surface area contributed by atoms with Gasteiger partial charge < -0.3 is 19.9 Å². The van der Waals surface area contributed by atoms with Crippen LogP contribution in [0.5, 0.6) is 5.75 Å². The molecule has 7 heteroatoms. The van der Waals surface area contributed by atoms with Crippen LogP contribution in [0.1, 0.15) is 16.8 Å². The lowest BCUT2D eigenvalue weighted by Crippen LogP contribution is -2.33. The Labute approximate surface area is 174 Å². The first-order valence-electron chi connectivity index (χ1n) is 9.46. The number of rotatable bonds is 6. The maximum Gasteiger partial charge on any atom is 0.256 e. The maximum atomic E-state index is 12.5. The van der Waals surface area contributed by atoms with E-state index < -0.39 is 17.1 Å². The molecule has 2 aromatic carbocycles. The van der Waals surface area contributed by atoms with Crippen LogP contribution in [0.4, 0.5) is 0 Å². The zero-order valence-corrected chi connectivity index (χ0v) is 16.8. The summed E-state index contributed by atoms with van der Waals surface area (Å²) in [5, 5.41) is 12.6. The van der Waals surface area contributed by atoms with Gasteiger partial charge >= 0.3 is 0 Å². The first-order valence-corrected chi connectivity index (χ1v) is 9.46. The molecule has 0 saturated carbocycles. The fraction of sp³-hybridized carbons (Fsp3) is 0.174. The molecule has 2 amide bonds. The summed E-state index contributed by atoms with van der Waals surface area (Å²) in [5.41, 5.74) is 1.70. The summed E-state index contributed by atoms with van der Waals surface area (Å²) in [6.07, 6.45) is 2.78. The minimum Gasteiger partial charge on any atom is -0.503 e. The van der Waals surface area contributed by atoms with E-state index in [2.05, 4.69) is 5.32 Å². The average Bonchev–Trinajstić information content (AvgIpc) is 2.76. The number of aromatic hydroxyl groups is 1. The molecule has 7 nitrogen and oxygen atoms in total. The molecule has 0 aliphatic heterocycles. The summed E-state index contributed by atoms with van der Waals surface area (Å²) in [6.45, 7) is 0.0917. The molecule has 0 aliphatic carbocycles. The van der Waals surface area contributed by atoms with E-state index in [1.807, 2.05) is 54.6 Å². The number of amides is 2. The molecule has 0 spiro atoms. The zero-order chi connectivity index (χ0) is 21.7. The van der Waals surface area contributed by atoms with E-state index in [1.165, 1.54) is 21.9 Å². The van der Waals surface area contributed by atoms with Crippen LogP contribution in [0.2, 0.25) is 0 Å². The molecule has 0 bridgehead atoms. The molecule has 0 radical (unpaired) electrons. The van der Waals surface area contributed by atoms with Crippen molar-refractivity contribution in [2.24, 2.45) is 0 Å². The summed E-state index contributed by atoms with van der Waals surface area (Å²) in [4.78, 5) is 37.8. The molecule has 2 N–H and O–H groups in total. The molecular weight excluding hydrogens is 382 g/mol. The number of pyridine rings is 1. The van der Waals surface area contributed by atoms with Crippen LogP contribution < -0.4 is 10.7 Å². The first-order chi connectivity index (χ1) is 14.4. The molecule has 3 aromatic rings.